The molecule has 1 fully saturated rings. The number of anilines is 1. The van der Waals surface area contributed by atoms with Gasteiger partial charge in [0, 0.05) is 18.7 Å². The molecule has 0 radical (unpaired) electrons. The van der Waals surface area contributed by atoms with Crippen LogP contribution in [-0.4, -0.2) is 30.1 Å². The predicted molar refractivity (Wildman–Crippen MR) is 61.2 cm³/mol. The smallest absolute Gasteiger partial charge is 0.341 e. The Morgan fingerprint density at radius 1 is 1.35 bits per heavy atom. The van der Waals surface area contributed by atoms with E-state index in [-0.39, 0.29) is 12.5 Å². The summed E-state index contributed by atoms with van der Waals surface area (Å²) in [4.78, 5) is 23.5. The van der Waals surface area contributed by atoms with E-state index in [1.807, 2.05) is 0 Å². The molecule has 1 saturated heterocycles. The van der Waals surface area contributed by atoms with Crippen molar-refractivity contribution in [2.75, 3.05) is 18.1 Å². The Kier molecular flexibility index (Phi) is 3.27. The quantitative estimate of drug-likeness (QED) is 0.853. The van der Waals surface area contributed by atoms with Crippen molar-refractivity contribution in [2.24, 2.45) is 0 Å². The fourth-order valence-corrected chi connectivity index (χ4v) is 1.79. The molecular formula is C12H13NO4. The molecule has 1 aromatic rings. The van der Waals surface area contributed by atoms with Crippen LogP contribution in [0.4, 0.5) is 5.69 Å². The summed E-state index contributed by atoms with van der Waals surface area (Å²) in [6.45, 7) is 0.385. The van der Waals surface area contributed by atoms with Crippen molar-refractivity contribution in [2.45, 2.75) is 12.8 Å². The molecule has 1 amide bonds. The van der Waals surface area contributed by atoms with Gasteiger partial charge in [-0.05, 0) is 30.7 Å². The van der Waals surface area contributed by atoms with Gasteiger partial charge in [0.1, 0.15) is 5.75 Å². The molecule has 0 atom stereocenters. The second kappa shape index (κ2) is 4.86. The lowest BCUT2D eigenvalue weighted by molar-refractivity contribution is -0.139. The lowest BCUT2D eigenvalue weighted by Crippen LogP contribution is -2.23. The third-order valence-corrected chi connectivity index (χ3v) is 2.58. The molecule has 2 rings (SSSR count). The molecule has 90 valence electrons. The third-order valence-electron chi connectivity index (χ3n) is 2.58. The zero-order valence-corrected chi connectivity index (χ0v) is 9.26. The van der Waals surface area contributed by atoms with Crippen LogP contribution in [0.5, 0.6) is 5.75 Å². The number of hydrogen-bond acceptors (Lipinski definition) is 3. The molecule has 1 aromatic carbocycles. The highest BCUT2D eigenvalue weighted by Gasteiger charge is 2.21. The molecule has 0 unspecified atom stereocenters. The molecule has 0 spiro atoms. The summed E-state index contributed by atoms with van der Waals surface area (Å²) in [6.07, 6.45) is 1.48. The minimum absolute atomic E-state index is 0.129. The highest BCUT2D eigenvalue weighted by Crippen LogP contribution is 2.23. The lowest BCUT2D eigenvalue weighted by atomic mass is 10.3. The van der Waals surface area contributed by atoms with Crippen LogP contribution in [-0.2, 0) is 9.59 Å². The van der Waals surface area contributed by atoms with Gasteiger partial charge < -0.3 is 14.7 Å². The first-order chi connectivity index (χ1) is 8.16. The van der Waals surface area contributed by atoms with Crippen molar-refractivity contribution in [3.63, 3.8) is 0 Å². The number of nitrogens with zero attached hydrogens (tertiary/aromatic N) is 1. The van der Waals surface area contributed by atoms with Gasteiger partial charge in [0.25, 0.3) is 0 Å². The van der Waals surface area contributed by atoms with Crippen molar-refractivity contribution >= 4 is 17.6 Å². The summed E-state index contributed by atoms with van der Waals surface area (Å²) in [6, 6.07) is 6.87. The van der Waals surface area contributed by atoms with Gasteiger partial charge in [-0.3, -0.25) is 4.79 Å². The van der Waals surface area contributed by atoms with Crippen molar-refractivity contribution in [1.29, 1.82) is 0 Å². The number of rotatable bonds is 4. The number of carbonyl (C=O) groups excluding carboxylic acids is 1. The van der Waals surface area contributed by atoms with E-state index in [1.165, 1.54) is 0 Å². The van der Waals surface area contributed by atoms with Gasteiger partial charge in [0.05, 0.1) is 0 Å². The highest BCUT2D eigenvalue weighted by atomic mass is 16.5. The standard InChI is InChI=1S/C12H13NO4/c14-11-2-1-7-13(11)9-3-5-10(6-4-9)17-8-12(15)16/h3-6H,1-2,7-8H2,(H,15,16). The molecule has 5 nitrogen and oxygen atoms in total. The Morgan fingerprint density at radius 2 is 2.06 bits per heavy atom. The molecule has 0 aliphatic carbocycles. The van der Waals surface area contributed by atoms with Crippen LogP contribution in [0.3, 0.4) is 0 Å². The maximum Gasteiger partial charge on any atom is 0.341 e. The third kappa shape index (κ3) is 2.75. The first-order valence-corrected chi connectivity index (χ1v) is 5.42. The summed E-state index contributed by atoms with van der Waals surface area (Å²) >= 11 is 0. The Labute approximate surface area is 98.6 Å². The van der Waals surface area contributed by atoms with Crippen molar-refractivity contribution in [3.05, 3.63) is 24.3 Å². The van der Waals surface area contributed by atoms with Crippen LogP contribution in [0.1, 0.15) is 12.8 Å². The number of amides is 1. The Bertz CT molecular complexity index is 427. The lowest BCUT2D eigenvalue weighted by Gasteiger charge is -2.15. The number of ether oxygens (including phenoxy) is 1. The van der Waals surface area contributed by atoms with Crippen LogP contribution in [0.15, 0.2) is 24.3 Å². The average Bonchev–Trinajstić information content (AvgIpc) is 2.73. The van der Waals surface area contributed by atoms with E-state index in [4.69, 9.17) is 9.84 Å². The number of carboxylic acid groups (broad SMARTS) is 1. The van der Waals surface area contributed by atoms with Crippen LogP contribution in [0, 0.1) is 0 Å². The highest BCUT2D eigenvalue weighted by molar-refractivity contribution is 5.95. The zero-order chi connectivity index (χ0) is 12.3. The molecule has 1 aliphatic rings. The first kappa shape index (κ1) is 11.4. The van der Waals surface area contributed by atoms with Gasteiger partial charge >= 0.3 is 5.97 Å². The van der Waals surface area contributed by atoms with E-state index in [0.29, 0.717) is 12.2 Å². The summed E-state index contributed by atoms with van der Waals surface area (Å²) in [5, 5.41) is 8.46. The van der Waals surface area contributed by atoms with Crippen LogP contribution < -0.4 is 9.64 Å². The minimum Gasteiger partial charge on any atom is -0.482 e. The van der Waals surface area contributed by atoms with E-state index in [9.17, 15) is 9.59 Å². The summed E-state index contributed by atoms with van der Waals surface area (Å²) in [5.41, 5.74) is 0.829. The molecule has 0 bridgehead atoms. The van der Waals surface area contributed by atoms with E-state index >= 15 is 0 Å². The summed E-state index contributed by atoms with van der Waals surface area (Å²) in [5.74, 6) is -0.393. The molecule has 1 aliphatic heterocycles. The van der Waals surface area contributed by atoms with Crippen LogP contribution >= 0.6 is 0 Å². The molecule has 0 saturated carbocycles. The van der Waals surface area contributed by atoms with Crippen LogP contribution in [0.25, 0.3) is 0 Å². The Morgan fingerprint density at radius 3 is 2.59 bits per heavy atom. The van der Waals surface area contributed by atoms with Gasteiger partial charge in [-0.15, -0.1) is 0 Å². The molecule has 1 N–H and O–H groups in total. The van der Waals surface area contributed by atoms with Crippen molar-refractivity contribution < 1.29 is 19.4 Å². The molecular weight excluding hydrogens is 222 g/mol. The van der Waals surface area contributed by atoms with Gasteiger partial charge in [-0.25, -0.2) is 4.79 Å². The van der Waals surface area contributed by atoms with Gasteiger partial charge in [-0.1, -0.05) is 0 Å². The minimum atomic E-state index is -1.01. The maximum atomic E-state index is 11.5. The van der Waals surface area contributed by atoms with Gasteiger partial charge in [-0.2, -0.15) is 0 Å². The second-order valence-electron chi connectivity index (χ2n) is 3.83. The predicted octanol–water partition coefficient (Wildman–Crippen LogP) is 1.28. The number of aliphatic carboxylic acids is 1. The SMILES string of the molecule is O=C(O)COc1ccc(N2CCCC2=O)cc1. The fraction of sp³-hybridized carbons (Fsp3) is 0.333. The molecule has 1 heterocycles. The average molecular weight is 235 g/mol. The number of carboxylic acids is 1. The first-order valence-electron chi connectivity index (χ1n) is 5.42. The van der Waals surface area contributed by atoms with Crippen LogP contribution in [0.2, 0.25) is 0 Å². The monoisotopic (exact) mass is 235 g/mol. The Hall–Kier alpha value is -2.04. The zero-order valence-electron chi connectivity index (χ0n) is 9.26. The van der Waals surface area contributed by atoms with Gasteiger partial charge in [0.15, 0.2) is 6.61 Å². The Balaban J connectivity index is 2.02. The summed E-state index contributed by atoms with van der Waals surface area (Å²) in [7, 11) is 0. The molecule has 0 aromatic heterocycles. The second-order valence-corrected chi connectivity index (χ2v) is 3.83. The van der Waals surface area contributed by atoms with E-state index < -0.39 is 5.97 Å². The summed E-state index contributed by atoms with van der Waals surface area (Å²) < 4.78 is 5.01. The van der Waals surface area contributed by atoms with E-state index in [1.54, 1.807) is 29.2 Å². The maximum absolute atomic E-state index is 11.5. The van der Waals surface area contributed by atoms with E-state index in [2.05, 4.69) is 0 Å². The number of benzene rings is 1. The molecule has 5 heteroatoms. The number of carbonyl (C=O) groups is 2. The molecule has 17 heavy (non-hydrogen) atoms. The number of hydrogen-bond donors (Lipinski definition) is 1. The topological polar surface area (TPSA) is 66.8 Å². The van der Waals surface area contributed by atoms with Crippen molar-refractivity contribution in [3.8, 4) is 5.75 Å². The normalized spacial score (nSPS) is 15.1. The van der Waals surface area contributed by atoms with Crippen molar-refractivity contribution in [1.82, 2.24) is 0 Å². The van der Waals surface area contributed by atoms with Gasteiger partial charge in [0.2, 0.25) is 5.91 Å². The fourth-order valence-electron chi connectivity index (χ4n) is 1.79. The van der Waals surface area contributed by atoms with E-state index in [0.717, 1.165) is 18.7 Å². The largest absolute Gasteiger partial charge is 0.482 e.